The Kier molecular flexibility index (Phi) is 7.24. The molecular weight excluding hydrogens is 483 g/mol. The molecule has 3 atom stereocenters. The molecule has 1 fully saturated rings. The second-order valence-corrected chi connectivity index (χ2v) is 10.8. The lowest BCUT2D eigenvalue weighted by molar-refractivity contribution is -0.0437. The number of aliphatic hydroxyl groups is 2. The minimum atomic E-state index is -1.45. The Morgan fingerprint density at radius 2 is 1.86 bits per heavy atom. The minimum absolute atomic E-state index is 0.0248. The van der Waals surface area contributed by atoms with Crippen molar-refractivity contribution in [2.24, 2.45) is 5.92 Å². The van der Waals surface area contributed by atoms with Gasteiger partial charge in [-0.25, -0.2) is 8.78 Å². The number of aromatic amines is 1. The fraction of sp³-hybridized carbons (Fsp3) is 0.500. The van der Waals surface area contributed by atoms with Crippen molar-refractivity contribution in [2.45, 2.75) is 38.0 Å². The number of fused-ring (bicyclic) bond motifs is 3. The zero-order chi connectivity index (χ0) is 26.3. The summed E-state index contributed by atoms with van der Waals surface area (Å²) in [6.07, 6.45) is 0.627. The van der Waals surface area contributed by atoms with Crippen molar-refractivity contribution in [1.82, 2.24) is 14.8 Å². The molecule has 200 valence electrons. The number of likely N-dealkylation sites (tertiary alicyclic amines) is 1. The number of aliphatic hydroxyl groups excluding tert-OH is 1. The first-order valence-corrected chi connectivity index (χ1v) is 12.8. The first-order chi connectivity index (χ1) is 17.7. The van der Waals surface area contributed by atoms with Crippen LogP contribution in [0.3, 0.4) is 0 Å². The summed E-state index contributed by atoms with van der Waals surface area (Å²) in [6, 6.07) is 9.16. The van der Waals surface area contributed by atoms with Crippen molar-refractivity contribution in [3.63, 3.8) is 0 Å². The number of alkyl halides is 1. The van der Waals surface area contributed by atoms with E-state index in [0.717, 1.165) is 16.5 Å². The van der Waals surface area contributed by atoms with Crippen LogP contribution in [0, 0.1) is 17.6 Å². The van der Waals surface area contributed by atoms with E-state index in [2.05, 4.69) is 4.98 Å². The second-order valence-electron chi connectivity index (χ2n) is 10.8. The molecule has 9 heteroatoms. The molecule has 2 aliphatic rings. The molecule has 6 nitrogen and oxygen atoms in total. The average molecular weight is 518 g/mol. The Morgan fingerprint density at radius 3 is 2.54 bits per heavy atom. The predicted molar refractivity (Wildman–Crippen MR) is 135 cm³/mol. The summed E-state index contributed by atoms with van der Waals surface area (Å²) in [5.74, 6) is -1.32. The number of nitrogens with zero attached hydrogens (tertiary/aromatic N) is 2. The first kappa shape index (κ1) is 26.0. The Labute approximate surface area is 214 Å². The third kappa shape index (κ3) is 5.10. The normalized spacial score (nSPS) is 22.6. The van der Waals surface area contributed by atoms with Gasteiger partial charge in [0.1, 0.15) is 24.0 Å². The van der Waals surface area contributed by atoms with Gasteiger partial charge in [-0.2, -0.15) is 0 Å². The van der Waals surface area contributed by atoms with Crippen LogP contribution < -0.4 is 4.74 Å². The standard InChI is InChI=1S/C28H34F3N3O3/c1-17-9-21-20-5-3-4-6-24(20)32-26(21)27(34(17)15-28(2,36)16-35)25-22(30)10-19(11-23(25)31)37-8-7-33-13-18(12-29)14-33/h3-6,10-11,17-18,27,32,35-36H,7-9,12-16H2,1-2H3/t17-,27-,28?/m1/s1. The molecule has 0 saturated carbocycles. The number of hydrogen-bond acceptors (Lipinski definition) is 5. The Hall–Kier alpha value is -2.59. The number of halogens is 3. The van der Waals surface area contributed by atoms with E-state index in [4.69, 9.17) is 4.74 Å². The number of β-amino-alcohol motifs (C(OH)–C–C–N with tert-alkyl or cyclic N) is 1. The Balaban J connectivity index is 1.47. The maximum atomic E-state index is 15.7. The van der Waals surface area contributed by atoms with Crippen molar-refractivity contribution in [3.05, 3.63) is 64.9 Å². The molecule has 3 aromatic rings. The van der Waals surface area contributed by atoms with E-state index in [1.807, 2.05) is 41.0 Å². The van der Waals surface area contributed by atoms with Gasteiger partial charge in [0.25, 0.3) is 0 Å². The molecule has 2 aliphatic heterocycles. The molecule has 0 aliphatic carbocycles. The lowest BCUT2D eigenvalue weighted by Gasteiger charge is -2.43. The zero-order valence-corrected chi connectivity index (χ0v) is 21.2. The molecule has 1 saturated heterocycles. The number of nitrogens with one attached hydrogen (secondary N) is 1. The third-order valence-corrected chi connectivity index (χ3v) is 7.63. The van der Waals surface area contributed by atoms with E-state index in [1.165, 1.54) is 19.1 Å². The van der Waals surface area contributed by atoms with Crippen molar-refractivity contribution in [2.75, 3.05) is 46.1 Å². The Bertz CT molecular complexity index is 1230. The number of rotatable bonds is 9. The summed E-state index contributed by atoms with van der Waals surface area (Å²) in [5, 5.41) is 21.4. The van der Waals surface area contributed by atoms with Crippen LogP contribution in [0.5, 0.6) is 5.75 Å². The maximum Gasteiger partial charge on any atom is 0.135 e. The highest BCUT2D eigenvalue weighted by atomic mass is 19.1. The molecule has 0 amide bonds. The largest absolute Gasteiger partial charge is 0.492 e. The number of para-hydroxylation sites is 1. The summed E-state index contributed by atoms with van der Waals surface area (Å²) in [4.78, 5) is 7.26. The third-order valence-electron chi connectivity index (χ3n) is 7.63. The number of hydrogen-bond donors (Lipinski definition) is 3. The zero-order valence-electron chi connectivity index (χ0n) is 21.2. The SMILES string of the molecule is C[C@@H]1Cc2c([nH]c3ccccc23)[C@@H](c2c(F)cc(OCCN3CC(CF)C3)cc2F)N1CC(C)(O)CO. The van der Waals surface area contributed by atoms with Gasteiger partial charge >= 0.3 is 0 Å². The summed E-state index contributed by atoms with van der Waals surface area (Å²) < 4.78 is 49.7. The van der Waals surface area contributed by atoms with Crippen LogP contribution in [0.4, 0.5) is 13.2 Å². The van der Waals surface area contributed by atoms with Gasteiger partial charge in [-0.05, 0) is 31.9 Å². The summed E-state index contributed by atoms with van der Waals surface area (Å²) in [7, 11) is 0. The lowest BCUT2D eigenvalue weighted by atomic mass is 9.87. The van der Waals surface area contributed by atoms with E-state index in [1.54, 1.807) is 0 Å². The van der Waals surface area contributed by atoms with E-state index in [0.29, 0.717) is 31.7 Å². The van der Waals surface area contributed by atoms with Crippen molar-refractivity contribution in [1.29, 1.82) is 0 Å². The summed E-state index contributed by atoms with van der Waals surface area (Å²) in [5.41, 5.74) is 0.966. The van der Waals surface area contributed by atoms with Crippen molar-refractivity contribution < 1.29 is 28.1 Å². The van der Waals surface area contributed by atoms with E-state index in [9.17, 15) is 14.6 Å². The van der Waals surface area contributed by atoms with Gasteiger partial charge in [-0.1, -0.05) is 18.2 Å². The molecule has 1 unspecified atom stereocenters. The molecule has 2 aromatic carbocycles. The average Bonchev–Trinajstić information content (AvgIpc) is 3.20. The monoisotopic (exact) mass is 517 g/mol. The fourth-order valence-electron chi connectivity index (χ4n) is 5.66. The van der Waals surface area contributed by atoms with Crippen molar-refractivity contribution in [3.8, 4) is 5.75 Å². The van der Waals surface area contributed by atoms with Gasteiger partial charge in [-0.3, -0.25) is 14.2 Å². The highest BCUT2D eigenvalue weighted by molar-refractivity contribution is 5.85. The highest BCUT2D eigenvalue weighted by Crippen LogP contribution is 2.43. The van der Waals surface area contributed by atoms with Gasteiger partial charge in [0, 0.05) is 72.4 Å². The number of H-pyrrole nitrogens is 1. The molecule has 0 radical (unpaired) electrons. The number of ether oxygens (including phenoxy) is 1. The fourth-order valence-corrected chi connectivity index (χ4v) is 5.66. The van der Waals surface area contributed by atoms with Gasteiger partial charge in [0.05, 0.1) is 24.9 Å². The van der Waals surface area contributed by atoms with Crippen LogP contribution in [-0.2, 0) is 6.42 Å². The first-order valence-electron chi connectivity index (χ1n) is 12.8. The van der Waals surface area contributed by atoms with E-state index in [-0.39, 0.29) is 43.1 Å². The van der Waals surface area contributed by atoms with Crippen LogP contribution in [0.2, 0.25) is 0 Å². The smallest absolute Gasteiger partial charge is 0.135 e. The van der Waals surface area contributed by atoms with Crippen molar-refractivity contribution >= 4 is 10.9 Å². The molecule has 3 heterocycles. The van der Waals surface area contributed by atoms with Crippen LogP contribution in [-0.4, -0.2) is 82.7 Å². The molecule has 3 N–H and O–H groups in total. The quantitative estimate of drug-likeness (QED) is 0.403. The maximum absolute atomic E-state index is 15.7. The van der Waals surface area contributed by atoms with Gasteiger partial charge in [-0.15, -0.1) is 0 Å². The number of benzene rings is 2. The Morgan fingerprint density at radius 1 is 1.16 bits per heavy atom. The molecule has 1 aromatic heterocycles. The highest BCUT2D eigenvalue weighted by Gasteiger charge is 2.41. The predicted octanol–water partition coefficient (Wildman–Crippen LogP) is 3.81. The second kappa shape index (κ2) is 10.3. The minimum Gasteiger partial charge on any atom is -0.492 e. The van der Waals surface area contributed by atoms with Gasteiger partial charge in [0.15, 0.2) is 0 Å². The topological polar surface area (TPSA) is 72.0 Å². The molecule has 0 bridgehead atoms. The summed E-state index contributed by atoms with van der Waals surface area (Å²) in [6.45, 7) is 4.82. The van der Waals surface area contributed by atoms with Crippen LogP contribution in [0.15, 0.2) is 36.4 Å². The molecule has 5 rings (SSSR count). The molecular formula is C28H34F3N3O3. The van der Waals surface area contributed by atoms with Crippen LogP contribution in [0.1, 0.15) is 36.7 Å². The van der Waals surface area contributed by atoms with Crippen LogP contribution >= 0.6 is 0 Å². The van der Waals surface area contributed by atoms with E-state index < -0.39 is 29.9 Å². The lowest BCUT2D eigenvalue weighted by Crippen LogP contribution is -2.51. The molecule has 0 spiro atoms. The van der Waals surface area contributed by atoms with Gasteiger partial charge in [0.2, 0.25) is 0 Å². The molecule has 37 heavy (non-hydrogen) atoms. The van der Waals surface area contributed by atoms with Crippen LogP contribution in [0.25, 0.3) is 10.9 Å². The summed E-state index contributed by atoms with van der Waals surface area (Å²) >= 11 is 0. The van der Waals surface area contributed by atoms with E-state index >= 15 is 8.78 Å². The van der Waals surface area contributed by atoms with Gasteiger partial charge < -0.3 is 19.9 Å². The number of aromatic nitrogens is 1.